The van der Waals surface area contributed by atoms with Gasteiger partial charge in [0.15, 0.2) is 0 Å². The monoisotopic (exact) mass is 327 g/mol. The number of benzene rings is 1. The summed E-state index contributed by atoms with van der Waals surface area (Å²) in [5.41, 5.74) is 6.10. The topological polar surface area (TPSA) is 92.9 Å². The van der Waals surface area contributed by atoms with Crippen LogP contribution in [-0.2, 0) is 26.3 Å². The standard InChI is InChI=1S/C14H21N3O4S/c1-16(10-12-5-3-2-4-6-12)22(19,20)17-7-8-21-11-13(17)9-14(15)18/h2-6,13H,7-11H2,1H3,(H2,15,18)/t13-/m0/s1. The lowest BCUT2D eigenvalue weighted by Crippen LogP contribution is -2.53. The van der Waals surface area contributed by atoms with Gasteiger partial charge in [-0.2, -0.15) is 17.0 Å². The van der Waals surface area contributed by atoms with Gasteiger partial charge < -0.3 is 10.5 Å². The predicted molar refractivity (Wildman–Crippen MR) is 82.0 cm³/mol. The van der Waals surface area contributed by atoms with E-state index < -0.39 is 22.2 Å². The van der Waals surface area contributed by atoms with Gasteiger partial charge in [-0.25, -0.2) is 0 Å². The summed E-state index contributed by atoms with van der Waals surface area (Å²) in [4.78, 5) is 11.1. The summed E-state index contributed by atoms with van der Waals surface area (Å²) in [5.74, 6) is -0.540. The van der Waals surface area contributed by atoms with Crippen LogP contribution in [0.5, 0.6) is 0 Å². The molecule has 8 heteroatoms. The van der Waals surface area contributed by atoms with E-state index in [1.807, 2.05) is 30.3 Å². The van der Waals surface area contributed by atoms with Crippen LogP contribution in [0.3, 0.4) is 0 Å². The van der Waals surface area contributed by atoms with Crippen molar-refractivity contribution < 1.29 is 17.9 Å². The third-order valence-corrected chi connectivity index (χ3v) is 5.54. The summed E-state index contributed by atoms with van der Waals surface area (Å²) in [5, 5.41) is 0. The first-order valence-corrected chi connectivity index (χ1v) is 8.44. The van der Waals surface area contributed by atoms with Crippen LogP contribution in [0.15, 0.2) is 30.3 Å². The highest BCUT2D eigenvalue weighted by Crippen LogP contribution is 2.19. The third kappa shape index (κ3) is 4.04. The summed E-state index contributed by atoms with van der Waals surface area (Å²) < 4.78 is 33.3. The van der Waals surface area contributed by atoms with Crippen LogP contribution in [0.2, 0.25) is 0 Å². The molecule has 22 heavy (non-hydrogen) atoms. The lowest BCUT2D eigenvalue weighted by Gasteiger charge is -2.36. The maximum Gasteiger partial charge on any atom is 0.282 e. The van der Waals surface area contributed by atoms with E-state index in [2.05, 4.69) is 0 Å². The molecule has 1 atom stereocenters. The molecule has 0 spiro atoms. The Balaban J connectivity index is 2.14. The Morgan fingerprint density at radius 2 is 2.09 bits per heavy atom. The van der Waals surface area contributed by atoms with Crippen LogP contribution in [-0.4, -0.2) is 55.8 Å². The van der Waals surface area contributed by atoms with Gasteiger partial charge in [-0.3, -0.25) is 4.79 Å². The quantitative estimate of drug-likeness (QED) is 0.792. The average molecular weight is 327 g/mol. The van der Waals surface area contributed by atoms with E-state index in [1.165, 1.54) is 15.7 Å². The van der Waals surface area contributed by atoms with E-state index in [-0.39, 0.29) is 26.1 Å². The number of carbonyl (C=O) groups is 1. The van der Waals surface area contributed by atoms with Crippen LogP contribution in [0.25, 0.3) is 0 Å². The van der Waals surface area contributed by atoms with E-state index >= 15 is 0 Å². The molecule has 0 aromatic heterocycles. The molecule has 1 fully saturated rings. The number of rotatable bonds is 6. The number of nitrogens with two attached hydrogens (primary N) is 1. The van der Waals surface area contributed by atoms with E-state index in [9.17, 15) is 13.2 Å². The van der Waals surface area contributed by atoms with Crippen molar-refractivity contribution in [2.24, 2.45) is 5.73 Å². The Bertz CT molecular complexity index is 606. The Morgan fingerprint density at radius 1 is 1.41 bits per heavy atom. The zero-order valence-electron chi connectivity index (χ0n) is 12.5. The molecular weight excluding hydrogens is 306 g/mol. The van der Waals surface area contributed by atoms with Crippen molar-refractivity contribution in [1.29, 1.82) is 0 Å². The van der Waals surface area contributed by atoms with Gasteiger partial charge in [-0.1, -0.05) is 30.3 Å². The normalized spacial score (nSPS) is 20.2. The molecule has 1 heterocycles. The number of ether oxygens (including phenoxy) is 1. The van der Waals surface area contributed by atoms with Gasteiger partial charge in [0, 0.05) is 26.6 Å². The van der Waals surface area contributed by atoms with Gasteiger partial charge >= 0.3 is 0 Å². The van der Waals surface area contributed by atoms with Crippen molar-refractivity contribution in [2.45, 2.75) is 19.0 Å². The fourth-order valence-electron chi connectivity index (χ4n) is 2.44. The number of hydrogen-bond donors (Lipinski definition) is 1. The molecule has 0 unspecified atom stereocenters. The largest absolute Gasteiger partial charge is 0.378 e. The van der Waals surface area contributed by atoms with Gasteiger partial charge in [0.25, 0.3) is 10.2 Å². The zero-order valence-corrected chi connectivity index (χ0v) is 13.3. The van der Waals surface area contributed by atoms with Gasteiger partial charge in [0.05, 0.1) is 19.3 Å². The Hall–Kier alpha value is -1.48. The lowest BCUT2D eigenvalue weighted by molar-refractivity contribution is -0.120. The van der Waals surface area contributed by atoms with Crippen LogP contribution in [0.4, 0.5) is 0 Å². The highest BCUT2D eigenvalue weighted by atomic mass is 32.2. The summed E-state index contributed by atoms with van der Waals surface area (Å²) in [6.45, 7) is 0.984. The molecule has 7 nitrogen and oxygen atoms in total. The minimum absolute atomic E-state index is 0.0432. The molecule has 0 aliphatic carbocycles. The van der Waals surface area contributed by atoms with Crippen LogP contribution in [0.1, 0.15) is 12.0 Å². The maximum absolute atomic E-state index is 12.7. The molecule has 122 valence electrons. The average Bonchev–Trinajstić information content (AvgIpc) is 2.48. The molecule has 2 rings (SSSR count). The first-order chi connectivity index (χ1) is 10.4. The number of amides is 1. The molecule has 0 bridgehead atoms. The van der Waals surface area contributed by atoms with Crippen LogP contribution >= 0.6 is 0 Å². The fourth-order valence-corrected chi connectivity index (χ4v) is 3.93. The second-order valence-corrected chi connectivity index (χ2v) is 7.25. The second-order valence-electron chi connectivity index (χ2n) is 5.26. The van der Waals surface area contributed by atoms with Gasteiger partial charge in [0.2, 0.25) is 5.91 Å². The van der Waals surface area contributed by atoms with E-state index in [0.29, 0.717) is 6.61 Å². The van der Waals surface area contributed by atoms with Crippen molar-refractivity contribution in [1.82, 2.24) is 8.61 Å². The molecule has 2 N–H and O–H groups in total. The Morgan fingerprint density at radius 3 is 2.73 bits per heavy atom. The molecule has 0 radical (unpaired) electrons. The highest BCUT2D eigenvalue weighted by Gasteiger charge is 2.36. The molecule has 1 aliphatic heterocycles. The van der Waals surface area contributed by atoms with E-state index in [1.54, 1.807) is 0 Å². The Kier molecular flexibility index (Phi) is 5.52. The van der Waals surface area contributed by atoms with Crippen molar-refractivity contribution in [2.75, 3.05) is 26.8 Å². The predicted octanol–water partition coefficient (Wildman–Crippen LogP) is -0.0606. The van der Waals surface area contributed by atoms with E-state index in [0.717, 1.165) is 5.56 Å². The van der Waals surface area contributed by atoms with Crippen LogP contribution < -0.4 is 5.73 Å². The van der Waals surface area contributed by atoms with Crippen molar-refractivity contribution in [3.05, 3.63) is 35.9 Å². The Labute approximate surface area is 130 Å². The third-order valence-electron chi connectivity index (χ3n) is 3.55. The SMILES string of the molecule is CN(Cc1ccccc1)S(=O)(=O)N1CCOC[C@@H]1CC(N)=O. The first kappa shape index (κ1) is 16.9. The summed E-state index contributed by atoms with van der Waals surface area (Å²) in [7, 11) is -2.15. The minimum atomic E-state index is -3.68. The summed E-state index contributed by atoms with van der Waals surface area (Å²) in [6.07, 6.45) is -0.0432. The van der Waals surface area contributed by atoms with Gasteiger partial charge in [-0.05, 0) is 5.56 Å². The van der Waals surface area contributed by atoms with Crippen molar-refractivity contribution >= 4 is 16.1 Å². The lowest BCUT2D eigenvalue weighted by atomic mass is 10.2. The highest BCUT2D eigenvalue weighted by molar-refractivity contribution is 7.86. The molecular formula is C14H21N3O4S. The molecule has 1 aromatic carbocycles. The molecule has 1 aromatic rings. The molecule has 0 saturated carbocycles. The number of hydrogen-bond acceptors (Lipinski definition) is 4. The van der Waals surface area contributed by atoms with Crippen LogP contribution in [0, 0.1) is 0 Å². The number of nitrogens with zero attached hydrogens (tertiary/aromatic N) is 2. The molecule has 1 saturated heterocycles. The fraction of sp³-hybridized carbons (Fsp3) is 0.500. The maximum atomic E-state index is 12.7. The first-order valence-electron chi connectivity index (χ1n) is 7.04. The number of primary amides is 1. The zero-order chi connectivity index (χ0) is 16.2. The smallest absolute Gasteiger partial charge is 0.282 e. The van der Waals surface area contributed by atoms with Gasteiger partial charge in [-0.15, -0.1) is 0 Å². The van der Waals surface area contributed by atoms with Crippen molar-refractivity contribution in [3.8, 4) is 0 Å². The second kappa shape index (κ2) is 7.19. The van der Waals surface area contributed by atoms with Crippen molar-refractivity contribution in [3.63, 3.8) is 0 Å². The van der Waals surface area contributed by atoms with Gasteiger partial charge in [0.1, 0.15) is 0 Å². The minimum Gasteiger partial charge on any atom is -0.378 e. The number of carbonyl (C=O) groups excluding carboxylic acids is 1. The summed E-state index contributed by atoms with van der Waals surface area (Å²) in [6, 6.07) is 8.79. The molecule has 1 aliphatic rings. The van der Waals surface area contributed by atoms with E-state index in [4.69, 9.17) is 10.5 Å². The summed E-state index contributed by atoms with van der Waals surface area (Å²) >= 11 is 0. The number of morpholine rings is 1. The molecule has 1 amide bonds.